The van der Waals surface area contributed by atoms with Gasteiger partial charge in [-0.15, -0.1) is 11.8 Å². The molecule has 26 heavy (non-hydrogen) atoms. The fraction of sp³-hybridized carbons (Fsp3) is 0.211. The Morgan fingerprint density at radius 3 is 2.62 bits per heavy atom. The Labute approximate surface area is 162 Å². The maximum atomic E-state index is 11.9. The lowest BCUT2D eigenvalue weighted by molar-refractivity contribution is -0.118. The molecule has 2 N–H and O–H groups in total. The average molecular weight is 390 g/mol. The Kier molecular flexibility index (Phi) is 7.69. The van der Waals surface area contributed by atoms with Gasteiger partial charge in [0.2, 0.25) is 11.8 Å². The van der Waals surface area contributed by atoms with Crippen molar-refractivity contribution in [3.8, 4) is 0 Å². The van der Waals surface area contributed by atoms with E-state index in [-0.39, 0.29) is 11.8 Å². The average Bonchev–Trinajstić information content (AvgIpc) is 2.59. The third kappa shape index (κ3) is 6.90. The molecule has 136 valence electrons. The normalized spacial score (nSPS) is 11.1. The third-order valence-corrected chi connectivity index (χ3v) is 4.58. The lowest BCUT2D eigenvalue weighted by Gasteiger charge is -2.06. The number of carbonyl (C=O) groups excluding carboxylic acids is 2. The van der Waals surface area contributed by atoms with Crippen LogP contribution in [0, 0.1) is 0 Å². The molecule has 0 aliphatic carbocycles. The van der Waals surface area contributed by atoms with Crippen molar-refractivity contribution in [1.29, 1.82) is 0 Å². The number of thioether (sulfide) groups is 1. The summed E-state index contributed by atoms with van der Waals surface area (Å²) in [5.74, 6) is 0.696. The van der Waals surface area contributed by atoms with Gasteiger partial charge >= 0.3 is 0 Å². The number of nitrogens with one attached hydrogen (secondary N) is 2. The van der Waals surface area contributed by atoms with E-state index >= 15 is 0 Å². The van der Waals surface area contributed by atoms with Crippen LogP contribution < -0.4 is 10.7 Å². The molecule has 0 radical (unpaired) electrons. The number of anilines is 1. The molecule has 2 rings (SSSR count). The molecule has 0 aromatic heterocycles. The summed E-state index contributed by atoms with van der Waals surface area (Å²) < 4.78 is 0. The van der Waals surface area contributed by atoms with E-state index < -0.39 is 0 Å². The number of benzene rings is 2. The Morgan fingerprint density at radius 2 is 1.88 bits per heavy atom. The summed E-state index contributed by atoms with van der Waals surface area (Å²) in [6.45, 7) is 3.25. The van der Waals surface area contributed by atoms with Gasteiger partial charge in [-0.2, -0.15) is 5.10 Å². The van der Waals surface area contributed by atoms with E-state index in [2.05, 4.69) is 15.8 Å². The highest BCUT2D eigenvalue weighted by Gasteiger charge is 2.04. The van der Waals surface area contributed by atoms with Crippen molar-refractivity contribution in [2.45, 2.75) is 19.6 Å². The van der Waals surface area contributed by atoms with Gasteiger partial charge in [0.25, 0.3) is 0 Å². The highest BCUT2D eigenvalue weighted by molar-refractivity contribution is 7.99. The van der Waals surface area contributed by atoms with Gasteiger partial charge in [0, 0.05) is 23.4 Å². The minimum Gasteiger partial charge on any atom is -0.326 e. The van der Waals surface area contributed by atoms with Crippen LogP contribution in [-0.4, -0.2) is 23.3 Å². The molecule has 0 atom stereocenters. The van der Waals surface area contributed by atoms with Crippen molar-refractivity contribution >= 4 is 46.6 Å². The maximum Gasteiger partial charge on any atom is 0.250 e. The zero-order valence-corrected chi connectivity index (χ0v) is 16.2. The van der Waals surface area contributed by atoms with Gasteiger partial charge in [-0.3, -0.25) is 9.59 Å². The van der Waals surface area contributed by atoms with Crippen molar-refractivity contribution in [2.24, 2.45) is 5.10 Å². The zero-order chi connectivity index (χ0) is 18.9. The first kappa shape index (κ1) is 20.0. The second-order valence-electron chi connectivity index (χ2n) is 5.62. The second-order valence-corrected chi connectivity index (χ2v) is 7.04. The lowest BCUT2D eigenvalue weighted by Crippen LogP contribution is -2.21. The summed E-state index contributed by atoms with van der Waals surface area (Å²) in [5, 5.41) is 7.53. The van der Waals surface area contributed by atoms with Gasteiger partial charge in [-0.05, 0) is 42.3 Å². The predicted molar refractivity (Wildman–Crippen MR) is 109 cm³/mol. The molecule has 5 nitrogen and oxygen atoms in total. The van der Waals surface area contributed by atoms with Gasteiger partial charge in [-0.25, -0.2) is 5.43 Å². The van der Waals surface area contributed by atoms with Crippen molar-refractivity contribution < 1.29 is 9.59 Å². The standard InChI is InChI=1S/C19H20ClN3O2S/c1-13(16-6-4-8-18(10-16)21-14(2)24)22-23-19(25)12-26-11-15-5-3-7-17(20)9-15/h3-10H,11-12H2,1-2H3,(H,21,24)(H,23,25)/b22-13+. The van der Waals surface area contributed by atoms with E-state index in [4.69, 9.17) is 11.6 Å². The van der Waals surface area contributed by atoms with Crippen molar-refractivity contribution in [3.63, 3.8) is 0 Å². The number of amides is 2. The topological polar surface area (TPSA) is 70.6 Å². The Bertz CT molecular complexity index is 824. The smallest absolute Gasteiger partial charge is 0.250 e. The summed E-state index contributed by atoms with van der Waals surface area (Å²) >= 11 is 7.43. The van der Waals surface area contributed by atoms with Crippen LogP contribution in [0.3, 0.4) is 0 Å². The third-order valence-electron chi connectivity index (χ3n) is 3.34. The summed E-state index contributed by atoms with van der Waals surface area (Å²) in [6, 6.07) is 14.9. The van der Waals surface area contributed by atoms with Crippen molar-refractivity contribution in [2.75, 3.05) is 11.1 Å². The molecular weight excluding hydrogens is 370 g/mol. The fourth-order valence-corrected chi connectivity index (χ4v) is 3.14. The quantitative estimate of drug-likeness (QED) is 0.553. The van der Waals surface area contributed by atoms with Crippen LogP contribution in [0.1, 0.15) is 25.0 Å². The molecule has 0 fully saturated rings. The molecule has 0 aliphatic heterocycles. The first-order chi connectivity index (χ1) is 12.4. The molecule has 0 unspecified atom stereocenters. The highest BCUT2D eigenvalue weighted by Crippen LogP contribution is 2.16. The number of hydrogen-bond acceptors (Lipinski definition) is 4. The number of hydrogen-bond donors (Lipinski definition) is 2. The minimum absolute atomic E-state index is 0.137. The van der Waals surface area contributed by atoms with E-state index in [1.54, 1.807) is 19.1 Å². The molecule has 2 aromatic rings. The maximum absolute atomic E-state index is 11.9. The predicted octanol–water partition coefficient (Wildman–Crippen LogP) is 4.07. The van der Waals surface area contributed by atoms with Crippen LogP contribution >= 0.6 is 23.4 Å². The molecule has 0 bridgehead atoms. The Balaban J connectivity index is 1.84. The molecule has 0 aliphatic rings. The first-order valence-electron chi connectivity index (χ1n) is 7.97. The Hall–Kier alpha value is -2.31. The summed E-state index contributed by atoms with van der Waals surface area (Å²) in [5.41, 5.74) is 5.80. The Morgan fingerprint density at radius 1 is 1.12 bits per heavy atom. The summed E-state index contributed by atoms with van der Waals surface area (Å²) in [4.78, 5) is 23.0. The molecule has 0 saturated heterocycles. The van der Waals surface area contributed by atoms with Gasteiger partial charge in [-0.1, -0.05) is 35.9 Å². The number of nitrogens with zero attached hydrogens (tertiary/aromatic N) is 1. The SMILES string of the molecule is CC(=O)Nc1cccc(/C(C)=N/NC(=O)CSCc2cccc(Cl)c2)c1. The van der Waals surface area contributed by atoms with Crippen LogP contribution in [0.15, 0.2) is 53.6 Å². The van der Waals surface area contributed by atoms with Crippen molar-refractivity contribution in [3.05, 3.63) is 64.7 Å². The van der Waals surface area contributed by atoms with E-state index in [9.17, 15) is 9.59 Å². The van der Waals surface area contributed by atoms with Gasteiger partial charge < -0.3 is 5.32 Å². The van der Waals surface area contributed by atoms with Gasteiger partial charge in [0.1, 0.15) is 0 Å². The number of halogens is 1. The minimum atomic E-state index is -0.172. The molecular formula is C19H20ClN3O2S. The van der Waals surface area contributed by atoms with Crippen LogP contribution in [0.25, 0.3) is 0 Å². The molecule has 0 spiro atoms. The van der Waals surface area contributed by atoms with Crippen LogP contribution in [-0.2, 0) is 15.3 Å². The molecule has 0 heterocycles. The largest absolute Gasteiger partial charge is 0.326 e. The van der Waals surface area contributed by atoms with Gasteiger partial charge in [0.05, 0.1) is 11.5 Å². The number of rotatable bonds is 7. The van der Waals surface area contributed by atoms with Crippen LogP contribution in [0.2, 0.25) is 5.02 Å². The number of hydrazone groups is 1. The van der Waals surface area contributed by atoms with E-state index in [1.807, 2.05) is 36.4 Å². The van der Waals surface area contributed by atoms with E-state index in [1.165, 1.54) is 18.7 Å². The molecule has 7 heteroatoms. The van der Waals surface area contributed by atoms with E-state index in [0.29, 0.717) is 27.9 Å². The summed E-state index contributed by atoms with van der Waals surface area (Å²) in [6.07, 6.45) is 0. The zero-order valence-electron chi connectivity index (χ0n) is 14.6. The van der Waals surface area contributed by atoms with Crippen molar-refractivity contribution in [1.82, 2.24) is 5.43 Å². The first-order valence-corrected chi connectivity index (χ1v) is 9.50. The highest BCUT2D eigenvalue weighted by atomic mass is 35.5. The van der Waals surface area contributed by atoms with Crippen LogP contribution in [0.5, 0.6) is 0 Å². The monoisotopic (exact) mass is 389 g/mol. The van der Waals surface area contributed by atoms with Crippen LogP contribution in [0.4, 0.5) is 5.69 Å². The second kappa shape index (κ2) is 9.99. The van der Waals surface area contributed by atoms with Gasteiger partial charge in [0.15, 0.2) is 0 Å². The lowest BCUT2D eigenvalue weighted by atomic mass is 10.1. The number of carbonyl (C=O) groups is 2. The molecule has 2 aromatic carbocycles. The molecule has 0 saturated carbocycles. The van der Waals surface area contributed by atoms with E-state index in [0.717, 1.165) is 11.1 Å². The summed E-state index contributed by atoms with van der Waals surface area (Å²) in [7, 11) is 0. The fourth-order valence-electron chi connectivity index (χ4n) is 2.16. The molecule has 2 amide bonds.